The lowest BCUT2D eigenvalue weighted by molar-refractivity contribution is 0.0698. The number of sulfonamides is 1. The predicted octanol–water partition coefficient (Wildman–Crippen LogP) is 2.93. The number of benzene rings is 2. The maximum atomic E-state index is 13.0. The van der Waals surface area contributed by atoms with Crippen molar-refractivity contribution < 1.29 is 13.2 Å². The van der Waals surface area contributed by atoms with Crippen molar-refractivity contribution >= 4 is 15.9 Å². The molecular weight excluding hydrogens is 426 g/mol. The van der Waals surface area contributed by atoms with Crippen molar-refractivity contribution in [2.45, 2.75) is 31.1 Å². The highest BCUT2D eigenvalue weighted by atomic mass is 32.2. The molecule has 2 heterocycles. The van der Waals surface area contributed by atoms with E-state index in [1.54, 1.807) is 40.2 Å². The summed E-state index contributed by atoms with van der Waals surface area (Å²) in [6, 6.07) is 14.3. The number of hydrogen-bond donors (Lipinski definition) is 0. The summed E-state index contributed by atoms with van der Waals surface area (Å²) >= 11 is 0. The fourth-order valence-corrected chi connectivity index (χ4v) is 5.19. The molecule has 0 bridgehead atoms. The van der Waals surface area contributed by atoms with Crippen LogP contribution in [0.5, 0.6) is 0 Å². The minimum Gasteiger partial charge on any atom is -0.336 e. The SMILES string of the molecule is CCC(C)c1ccc(S(=O)(=O)N2CCN(C(=O)c3ccc(-n4cncn4)cc3)CC2)cc1. The topological polar surface area (TPSA) is 88.4 Å². The lowest BCUT2D eigenvalue weighted by atomic mass is 9.99. The van der Waals surface area contributed by atoms with Gasteiger partial charge in [-0.3, -0.25) is 4.79 Å². The molecule has 0 saturated carbocycles. The van der Waals surface area contributed by atoms with E-state index in [0.29, 0.717) is 29.5 Å². The summed E-state index contributed by atoms with van der Waals surface area (Å²) in [4.78, 5) is 18.8. The van der Waals surface area contributed by atoms with Gasteiger partial charge in [-0.1, -0.05) is 26.0 Å². The minimum atomic E-state index is -3.58. The van der Waals surface area contributed by atoms with Crippen LogP contribution in [-0.2, 0) is 10.0 Å². The lowest BCUT2D eigenvalue weighted by Crippen LogP contribution is -2.50. The average Bonchev–Trinajstić information content (AvgIpc) is 3.38. The van der Waals surface area contributed by atoms with Crippen molar-refractivity contribution in [3.8, 4) is 5.69 Å². The largest absolute Gasteiger partial charge is 0.336 e. The minimum absolute atomic E-state index is 0.106. The monoisotopic (exact) mass is 453 g/mol. The average molecular weight is 454 g/mol. The third-order valence-electron chi connectivity index (χ3n) is 6.02. The maximum Gasteiger partial charge on any atom is 0.253 e. The van der Waals surface area contributed by atoms with E-state index >= 15 is 0 Å². The van der Waals surface area contributed by atoms with Gasteiger partial charge in [0.05, 0.1) is 10.6 Å². The molecule has 32 heavy (non-hydrogen) atoms. The van der Waals surface area contributed by atoms with Crippen LogP contribution in [0, 0.1) is 0 Å². The van der Waals surface area contributed by atoms with Gasteiger partial charge in [0.2, 0.25) is 10.0 Å². The Morgan fingerprint density at radius 2 is 1.66 bits per heavy atom. The van der Waals surface area contributed by atoms with Gasteiger partial charge < -0.3 is 4.90 Å². The van der Waals surface area contributed by atoms with Gasteiger partial charge in [0.25, 0.3) is 5.91 Å². The number of aromatic nitrogens is 3. The zero-order chi connectivity index (χ0) is 22.7. The zero-order valence-corrected chi connectivity index (χ0v) is 19.1. The van der Waals surface area contributed by atoms with Crippen molar-refractivity contribution in [3.63, 3.8) is 0 Å². The lowest BCUT2D eigenvalue weighted by Gasteiger charge is -2.34. The second-order valence-electron chi connectivity index (χ2n) is 7.96. The van der Waals surface area contributed by atoms with E-state index in [0.717, 1.165) is 17.7 Å². The van der Waals surface area contributed by atoms with Crippen molar-refractivity contribution in [3.05, 3.63) is 72.3 Å². The van der Waals surface area contributed by atoms with Crippen LogP contribution in [0.1, 0.15) is 42.1 Å². The molecule has 1 aliphatic rings. The Kier molecular flexibility index (Phi) is 6.38. The molecule has 0 aliphatic carbocycles. The quantitative estimate of drug-likeness (QED) is 0.573. The third-order valence-corrected chi connectivity index (χ3v) is 7.94. The Balaban J connectivity index is 1.39. The van der Waals surface area contributed by atoms with Crippen LogP contribution in [0.2, 0.25) is 0 Å². The van der Waals surface area contributed by atoms with Crippen LogP contribution in [0.3, 0.4) is 0 Å². The first kappa shape index (κ1) is 22.2. The second-order valence-corrected chi connectivity index (χ2v) is 9.90. The summed E-state index contributed by atoms with van der Waals surface area (Å²) in [5, 5.41) is 4.07. The number of amides is 1. The summed E-state index contributed by atoms with van der Waals surface area (Å²) in [5.74, 6) is 0.289. The molecule has 1 unspecified atom stereocenters. The van der Waals surface area contributed by atoms with Gasteiger partial charge in [0.15, 0.2) is 0 Å². The van der Waals surface area contributed by atoms with Crippen LogP contribution in [0.4, 0.5) is 0 Å². The van der Waals surface area contributed by atoms with Crippen LogP contribution < -0.4 is 0 Å². The first-order valence-electron chi connectivity index (χ1n) is 10.7. The van der Waals surface area contributed by atoms with Gasteiger partial charge in [-0.2, -0.15) is 9.40 Å². The Morgan fingerprint density at radius 1 is 1.00 bits per heavy atom. The van der Waals surface area contributed by atoms with Crippen LogP contribution in [0.15, 0.2) is 66.1 Å². The summed E-state index contributed by atoms with van der Waals surface area (Å²) in [7, 11) is -3.58. The van der Waals surface area contributed by atoms with E-state index in [2.05, 4.69) is 23.9 Å². The highest BCUT2D eigenvalue weighted by molar-refractivity contribution is 7.89. The summed E-state index contributed by atoms with van der Waals surface area (Å²) in [6.45, 7) is 5.50. The highest BCUT2D eigenvalue weighted by Gasteiger charge is 2.30. The molecule has 168 valence electrons. The van der Waals surface area contributed by atoms with Crippen LogP contribution in [0.25, 0.3) is 5.69 Å². The molecule has 1 amide bonds. The van der Waals surface area contributed by atoms with Gasteiger partial charge >= 0.3 is 0 Å². The highest BCUT2D eigenvalue weighted by Crippen LogP contribution is 2.23. The van der Waals surface area contributed by atoms with Crippen molar-refractivity contribution in [2.75, 3.05) is 26.2 Å². The molecule has 4 rings (SSSR count). The maximum absolute atomic E-state index is 13.0. The Bertz CT molecular complexity index is 1150. The third kappa shape index (κ3) is 4.44. The number of carbonyl (C=O) groups is 1. The van der Waals surface area contributed by atoms with E-state index in [1.807, 2.05) is 24.3 Å². The van der Waals surface area contributed by atoms with E-state index in [4.69, 9.17) is 0 Å². The normalized spacial score (nSPS) is 16.1. The second kappa shape index (κ2) is 9.22. The fraction of sp³-hybridized carbons (Fsp3) is 0.348. The molecule has 1 fully saturated rings. The van der Waals surface area contributed by atoms with E-state index in [9.17, 15) is 13.2 Å². The fourth-order valence-electron chi connectivity index (χ4n) is 3.77. The molecule has 0 N–H and O–H groups in total. The van der Waals surface area contributed by atoms with Crippen LogP contribution >= 0.6 is 0 Å². The van der Waals surface area contributed by atoms with E-state index < -0.39 is 10.0 Å². The summed E-state index contributed by atoms with van der Waals surface area (Å²) in [5.41, 5.74) is 2.51. The molecule has 1 saturated heterocycles. The Labute approximate surface area is 188 Å². The molecule has 3 aromatic rings. The molecule has 1 aliphatic heterocycles. The summed E-state index contributed by atoms with van der Waals surface area (Å²) < 4.78 is 29.2. The van der Waals surface area contributed by atoms with Gasteiger partial charge in [0, 0.05) is 31.7 Å². The Hall–Kier alpha value is -3.04. The van der Waals surface area contributed by atoms with Crippen molar-refractivity contribution in [1.82, 2.24) is 24.0 Å². The number of carbonyl (C=O) groups excluding carboxylic acids is 1. The number of piperazine rings is 1. The molecule has 8 nitrogen and oxygen atoms in total. The van der Waals surface area contributed by atoms with E-state index in [-0.39, 0.29) is 19.0 Å². The molecule has 1 atom stereocenters. The van der Waals surface area contributed by atoms with Gasteiger partial charge in [-0.15, -0.1) is 0 Å². The van der Waals surface area contributed by atoms with E-state index in [1.165, 1.54) is 10.6 Å². The first-order chi connectivity index (χ1) is 15.4. The first-order valence-corrected chi connectivity index (χ1v) is 12.2. The predicted molar refractivity (Wildman–Crippen MR) is 121 cm³/mol. The smallest absolute Gasteiger partial charge is 0.253 e. The molecular formula is C23H27N5O3S. The van der Waals surface area contributed by atoms with Gasteiger partial charge in [-0.25, -0.2) is 18.1 Å². The zero-order valence-electron chi connectivity index (χ0n) is 18.3. The van der Waals surface area contributed by atoms with Crippen LogP contribution in [-0.4, -0.2) is 64.5 Å². The van der Waals surface area contributed by atoms with Gasteiger partial charge in [-0.05, 0) is 54.3 Å². The molecule has 0 radical (unpaired) electrons. The van der Waals surface area contributed by atoms with Crippen molar-refractivity contribution in [2.24, 2.45) is 0 Å². The number of nitrogens with zero attached hydrogens (tertiary/aromatic N) is 5. The number of hydrogen-bond acceptors (Lipinski definition) is 5. The molecule has 0 spiro atoms. The number of rotatable bonds is 6. The molecule has 1 aromatic heterocycles. The van der Waals surface area contributed by atoms with Crippen molar-refractivity contribution in [1.29, 1.82) is 0 Å². The molecule has 2 aromatic carbocycles. The molecule has 9 heteroatoms. The summed E-state index contributed by atoms with van der Waals surface area (Å²) in [6.07, 6.45) is 4.05. The van der Waals surface area contributed by atoms with Gasteiger partial charge in [0.1, 0.15) is 12.7 Å². The standard InChI is InChI=1S/C23H27N5O3S/c1-3-18(2)19-6-10-22(11-7-19)32(30,31)27-14-12-26(13-15-27)23(29)20-4-8-21(9-5-20)28-17-24-16-25-28/h4-11,16-18H,3,12-15H2,1-2H3. The Morgan fingerprint density at radius 3 is 2.22 bits per heavy atom.